The summed E-state index contributed by atoms with van der Waals surface area (Å²) in [5, 5.41) is 0. The van der Waals surface area contributed by atoms with Crippen molar-refractivity contribution in [1.29, 1.82) is 0 Å². The van der Waals surface area contributed by atoms with E-state index in [9.17, 15) is 0 Å². The van der Waals surface area contributed by atoms with Gasteiger partial charge in [-0.3, -0.25) is 0 Å². The molecule has 1 aromatic carbocycles. The molecule has 106 valence electrons. The average Bonchev–Trinajstić information content (AvgIpc) is 2.46. The van der Waals surface area contributed by atoms with Gasteiger partial charge in [0.05, 0.1) is 12.7 Å². The van der Waals surface area contributed by atoms with Crippen LogP contribution in [-0.4, -0.2) is 19.3 Å². The molecule has 0 spiro atoms. The Morgan fingerprint density at radius 2 is 1.79 bits per heavy atom. The Kier molecular flexibility index (Phi) is 6.75. The lowest BCUT2D eigenvalue weighted by atomic mass is 9.98. The van der Waals surface area contributed by atoms with Crippen LogP contribution in [0.2, 0.25) is 0 Å². The molecule has 0 N–H and O–H groups in total. The van der Waals surface area contributed by atoms with E-state index >= 15 is 0 Å². The minimum Gasteiger partial charge on any atom is -0.378 e. The lowest BCUT2D eigenvalue weighted by Crippen LogP contribution is -2.17. The first-order valence-corrected chi connectivity index (χ1v) is 8.06. The average molecular weight is 280 g/mol. The predicted octanol–water partition coefficient (Wildman–Crippen LogP) is 4.76. The minimum atomic E-state index is 0.513. The maximum atomic E-state index is 5.86. The summed E-state index contributed by atoms with van der Waals surface area (Å²) in [6.45, 7) is 3.68. The van der Waals surface area contributed by atoms with Crippen LogP contribution in [0.4, 0.5) is 0 Å². The molecule has 0 atom stereocenters. The molecule has 0 saturated heterocycles. The van der Waals surface area contributed by atoms with Crippen molar-refractivity contribution in [2.75, 3.05) is 13.2 Å². The molecule has 19 heavy (non-hydrogen) atoms. The first-order chi connectivity index (χ1) is 9.34. The van der Waals surface area contributed by atoms with Crippen LogP contribution in [0.25, 0.3) is 0 Å². The molecule has 0 bridgehead atoms. The molecule has 0 unspecified atom stereocenters. The number of hydrogen-bond donors (Lipinski definition) is 0. The van der Waals surface area contributed by atoms with Crippen molar-refractivity contribution >= 4 is 12.0 Å². The van der Waals surface area contributed by atoms with Gasteiger partial charge in [-0.05, 0) is 38.3 Å². The molecule has 2 rings (SSSR count). The van der Waals surface area contributed by atoms with Crippen molar-refractivity contribution in [3.05, 3.63) is 29.8 Å². The first kappa shape index (κ1) is 14.9. The zero-order valence-corrected chi connectivity index (χ0v) is 12.6. The number of aryl methyl sites for hydroxylation is 1. The van der Waals surface area contributed by atoms with Crippen molar-refractivity contribution in [1.82, 2.24) is 0 Å². The molecular formula is C16H24O2S. The molecule has 0 aliphatic heterocycles. The molecule has 2 nitrogen and oxygen atoms in total. The van der Waals surface area contributed by atoms with Gasteiger partial charge in [0, 0.05) is 23.5 Å². The van der Waals surface area contributed by atoms with Crippen LogP contribution in [0, 0.1) is 6.92 Å². The van der Waals surface area contributed by atoms with E-state index < -0.39 is 0 Å². The summed E-state index contributed by atoms with van der Waals surface area (Å²) in [5.41, 5.74) is 1.28. The third kappa shape index (κ3) is 5.98. The van der Waals surface area contributed by atoms with Gasteiger partial charge in [-0.2, -0.15) is 0 Å². The fourth-order valence-corrected chi connectivity index (χ4v) is 2.89. The molecule has 3 heteroatoms. The van der Waals surface area contributed by atoms with Crippen LogP contribution in [0.1, 0.15) is 44.1 Å². The van der Waals surface area contributed by atoms with Crippen LogP contribution >= 0.6 is 12.0 Å². The second-order valence-corrected chi connectivity index (χ2v) is 6.08. The van der Waals surface area contributed by atoms with E-state index in [1.165, 1.54) is 54.6 Å². The Hall–Kier alpha value is -0.510. The quantitative estimate of drug-likeness (QED) is 0.530. The Labute approximate surface area is 121 Å². The number of hydrogen-bond acceptors (Lipinski definition) is 3. The molecule has 1 aliphatic carbocycles. The van der Waals surface area contributed by atoms with Gasteiger partial charge in [0.15, 0.2) is 0 Å². The topological polar surface area (TPSA) is 18.5 Å². The molecule has 1 aliphatic rings. The molecule has 1 fully saturated rings. The lowest BCUT2D eigenvalue weighted by molar-refractivity contribution is 0.0234. The van der Waals surface area contributed by atoms with Crippen LogP contribution < -0.4 is 0 Å². The van der Waals surface area contributed by atoms with E-state index in [1.807, 2.05) is 0 Å². The molecular weight excluding hydrogens is 256 g/mol. The van der Waals surface area contributed by atoms with Crippen molar-refractivity contribution in [3.8, 4) is 0 Å². The smallest absolute Gasteiger partial charge is 0.0640 e. The van der Waals surface area contributed by atoms with Crippen LogP contribution in [-0.2, 0) is 8.92 Å². The lowest BCUT2D eigenvalue weighted by Gasteiger charge is -2.21. The Bertz CT molecular complexity index is 344. The Balaban J connectivity index is 1.49. The van der Waals surface area contributed by atoms with E-state index in [0.717, 1.165) is 19.6 Å². The molecule has 1 aromatic rings. The van der Waals surface area contributed by atoms with Gasteiger partial charge in [-0.15, -0.1) is 0 Å². The number of rotatable bonds is 7. The molecule has 0 heterocycles. The second kappa shape index (κ2) is 8.62. The second-order valence-electron chi connectivity index (χ2n) is 5.20. The van der Waals surface area contributed by atoms with Crippen molar-refractivity contribution < 1.29 is 8.92 Å². The highest BCUT2D eigenvalue weighted by Crippen LogP contribution is 2.21. The summed E-state index contributed by atoms with van der Waals surface area (Å²) in [4.78, 5) is 1.17. The van der Waals surface area contributed by atoms with Gasteiger partial charge in [-0.1, -0.05) is 37.0 Å². The normalized spacial score (nSPS) is 16.7. The summed E-state index contributed by atoms with van der Waals surface area (Å²) in [6, 6.07) is 8.41. The van der Waals surface area contributed by atoms with Crippen molar-refractivity contribution in [2.45, 2.75) is 56.4 Å². The molecule has 0 radical (unpaired) electrons. The third-order valence-electron chi connectivity index (χ3n) is 3.45. The summed E-state index contributed by atoms with van der Waals surface area (Å²) in [6.07, 6.45) is 8.05. The van der Waals surface area contributed by atoms with Gasteiger partial charge in [0.1, 0.15) is 0 Å². The maximum Gasteiger partial charge on any atom is 0.0640 e. The van der Waals surface area contributed by atoms with Gasteiger partial charge in [-0.25, -0.2) is 0 Å². The molecule has 0 aromatic heterocycles. The fraction of sp³-hybridized carbons (Fsp3) is 0.625. The van der Waals surface area contributed by atoms with Crippen LogP contribution in [0.3, 0.4) is 0 Å². The summed E-state index contributed by atoms with van der Waals surface area (Å²) < 4.78 is 11.4. The SMILES string of the molecule is Cc1ccc(SOCCCOC2CCCCC2)cc1. The molecule has 1 saturated carbocycles. The van der Waals surface area contributed by atoms with E-state index in [4.69, 9.17) is 8.92 Å². The van der Waals surface area contributed by atoms with E-state index in [2.05, 4.69) is 31.2 Å². The largest absolute Gasteiger partial charge is 0.378 e. The monoisotopic (exact) mass is 280 g/mol. The minimum absolute atomic E-state index is 0.513. The predicted molar refractivity (Wildman–Crippen MR) is 80.4 cm³/mol. The van der Waals surface area contributed by atoms with Crippen molar-refractivity contribution in [2.24, 2.45) is 0 Å². The number of benzene rings is 1. The summed E-state index contributed by atoms with van der Waals surface area (Å²) in [5.74, 6) is 0. The van der Waals surface area contributed by atoms with Gasteiger partial charge >= 0.3 is 0 Å². The highest BCUT2D eigenvalue weighted by atomic mass is 32.2. The van der Waals surface area contributed by atoms with E-state index in [1.54, 1.807) is 0 Å². The van der Waals surface area contributed by atoms with Crippen molar-refractivity contribution in [3.63, 3.8) is 0 Å². The van der Waals surface area contributed by atoms with Gasteiger partial charge in [0.25, 0.3) is 0 Å². The maximum absolute atomic E-state index is 5.86. The highest BCUT2D eigenvalue weighted by Gasteiger charge is 2.12. The van der Waals surface area contributed by atoms with Gasteiger partial charge < -0.3 is 8.92 Å². The fourth-order valence-electron chi connectivity index (χ4n) is 2.30. The van der Waals surface area contributed by atoms with E-state index in [0.29, 0.717) is 6.10 Å². The zero-order valence-electron chi connectivity index (χ0n) is 11.8. The first-order valence-electron chi connectivity index (χ1n) is 7.32. The third-order valence-corrected chi connectivity index (χ3v) is 4.20. The van der Waals surface area contributed by atoms with Gasteiger partial charge in [0.2, 0.25) is 0 Å². The number of ether oxygens (including phenoxy) is 1. The zero-order chi connectivity index (χ0) is 13.3. The Morgan fingerprint density at radius 3 is 2.53 bits per heavy atom. The standard InChI is InChI=1S/C16H24O2S/c1-14-8-10-16(11-9-14)19-18-13-5-12-17-15-6-3-2-4-7-15/h8-11,15H,2-7,12-13H2,1H3. The molecule has 0 amide bonds. The highest BCUT2D eigenvalue weighted by molar-refractivity contribution is 7.94. The van der Waals surface area contributed by atoms with Crippen LogP contribution in [0.5, 0.6) is 0 Å². The van der Waals surface area contributed by atoms with Crippen LogP contribution in [0.15, 0.2) is 29.2 Å². The Morgan fingerprint density at radius 1 is 1.05 bits per heavy atom. The van der Waals surface area contributed by atoms with E-state index in [-0.39, 0.29) is 0 Å². The summed E-state index contributed by atoms with van der Waals surface area (Å²) in [7, 11) is 0. The summed E-state index contributed by atoms with van der Waals surface area (Å²) >= 11 is 1.46.